The highest BCUT2D eigenvalue weighted by Gasteiger charge is 2.25. The smallest absolute Gasteiger partial charge is 0.226 e. The van der Waals surface area contributed by atoms with Gasteiger partial charge in [-0.25, -0.2) is 0 Å². The molecule has 25 heavy (non-hydrogen) atoms. The van der Waals surface area contributed by atoms with Crippen LogP contribution in [-0.2, 0) is 17.9 Å². The van der Waals surface area contributed by atoms with Crippen LogP contribution in [-0.4, -0.2) is 21.9 Å². The summed E-state index contributed by atoms with van der Waals surface area (Å²) >= 11 is 0. The molecule has 0 saturated heterocycles. The van der Waals surface area contributed by atoms with E-state index < -0.39 is 0 Å². The van der Waals surface area contributed by atoms with Gasteiger partial charge >= 0.3 is 0 Å². The maximum absolute atomic E-state index is 13.0. The summed E-state index contributed by atoms with van der Waals surface area (Å²) in [6.07, 6.45) is 9.65. The SMILES string of the molecule is C=CCN(Cc1cccn1Cc1ccccc1)C(=O)C1CCCCC1. The summed E-state index contributed by atoms with van der Waals surface area (Å²) in [4.78, 5) is 14.9. The number of hydrogen-bond donors (Lipinski definition) is 0. The van der Waals surface area contributed by atoms with Crippen molar-refractivity contribution in [3.05, 3.63) is 72.6 Å². The summed E-state index contributed by atoms with van der Waals surface area (Å²) < 4.78 is 2.24. The Labute approximate surface area is 151 Å². The molecule has 1 aliphatic rings. The first kappa shape index (κ1) is 17.5. The Kier molecular flexibility index (Phi) is 6.10. The van der Waals surface area contributed by atoms with Gasteiger partial charge in [-0.15, -0.1) is 6.58 Å². The van der Waals surface area contributed by atoms with Crippen LogP contribution in [0.5, 0.6) is 0 Å². The minimum atomic E-state index is 0.200. The quantitative estimate of drug-likeness (QED) is 0.677. The van der Waals surface area contributed by atoms with Crippen molar-refractivity contribution in [2.75, 3.05) is 6.54 Å². The van der Waals surface area contributed by atoms with Gasteiger partial charge in [0.25, 0.3) is 0 Å². The molecule has 1 amide bonds. The van der Waals surface area contributed by atoms with Crippen LogP contribution in [0.1, 0.15) is 43.4 Å². The number of amides is 1. The molecule has 1 aromatic heterocycles. The van der Waals surface area contributed by atoms with Crippen molar-refractivity contribution in [2.45, 2.75) is 45.2 Å². The molecule has 1 aliphatic carbocycles. The molecule has 1 saturated carbocycles. The van der Waals surface area contributed by atoms with Gasteiger partial charge in [-0.05, 0) is 30.5 Å². The fraction of sp³-hybridized carbons (Fsp3) is 0.409. The second-order valence-electron chi connectivity index (χ2n) is 6.96. The normalized spacial score (nSPS) is 15.0. The molecule has 0 N–H and O–H groups in total. The first-order chi connectivity index (χ1) is 12.3. The van der Waals surface area contributed by atoms with Crippen molar-refractivity contribution in [3.8, 4) is 0 Å². The molecule has 2 aromatic rings. The molecule has 3 rings (SSSR count). The lowest BCUT2D eigenvalue weighted by Gasteiger charge is -2.29. The summed E-state index contributed by atoms with van der Waals surface area (Å²) in [5, 5.41) is 0. The molecule has 3 nitrogen and oxygen atoms in total. The standard InChI is InChI=1S/C22H28N2O/c1-2-15-24(22(25)20-12-7-4-8-13-20)18-21-14-9-16-23(21)17-19-10-5-3-6-11-19/h2-3,5-6,9-11,14,16,20H,1,4,7-8,12-13,15,17-18H2. The molecule has 3 heteroatoms. The van der Waals surface area contributed by atoms with Crippen molar-refractivity contribution in [1.29, 1.82) is 0 Å². The highest BCUT2D eigenvalue weighted by atomic mass is 16.2. The van der Waals surface area contributed by atoms with Crippen LogP contribution in [0.4, 0.5) is 0 Å². The van der Waals surface area contributed by atoms with Crippen LogP contribution in [0, 0.1) is 5.92 Å². The molecule has 0 aliphatic heterocycles. The molecule has 0 bridgehead atoms. The van der Waals surface area contributed by atoms with E-state index in [9.17, 15) is 4.79 Å². The van der Waals surface area contributed by atoms with Crippen molar-refractivity contribution in [1.82, 2.24) is 9.47 Å². The topological polar surface area (TPSA) is 25.2 Å². The lowest BCUT2D eigenvalue weighted by atomic mass is 9.88. The lowest BCUT2D eigenvalue weighted by Crippen LogP contribution is -2.37. The van der Waals surface area contributed by atoms with E-state index in [4.69, 9.17) is 0 Å². The average molecular weight is 336 g/mol. The van der Waals surface area contributed by atoms with Crippen LogP contribution >= 0.6 is 0 Å². The van der Waals surface area contributed by atoms with Crippen molar-refractivity contribution in [3.63, 3.8) is 0 Å². The van der Waals surface area contributed by atoms with Gasteiger partial charge in [0, 0.05) is 30.9 Å². The number of carbonyl (C=O) groups is 1. The third-order valence-electron chi connectivity index (χ3n) is 5.09. The highest BCUT2D eigenvalue weighted by Crippen LogP contribution is 2.26. The Bertz CT molecular complexity index is 683. The molecule has 1 aromatic carbocycles. The molecule has 0 unspecified atom stereocenters. The van der Waals surface area contributed by atoms with E-state index >= 15 is 0 Å². The monoisotopic (exact) mass is 336 g/mol. The van der Waals surface area contributed by atoms with Gasteiger partial charge in [0.05, 0.1) is 6.54 Å². The van der Waals surface area contributed by atoms with Crippen LogP contribution in [0.2, 0.25) is 0 Å². The van der Waals surface area contributed by atoms with E-state index in [1.165, 1.54) is 30.5 Å². The predicted molar refractivity (Wildman–Crippen MR) is 102 cm³/mol. The van der Waals surface area contributed by atoms with Gasteiger partial charge < -0.3 is 9.47 Å². The fourth-order valence-electron chi connectivity index (χ4n) is 3.72. The molecule has 1 fully saturated rings. The van der Waals surface area contributed by atoms with Crippen molar-refractivity contribution >= 4 is 5.91 Å². The minimum absolute atomic E-state index is 0.200. The number of hydrogen-bond acceptors (Lipinski definition) is 1. The van der Waals surface area contributed by atoms with Gasteiger partial charge in [0.15, 0.2) is 0 Å². The van der Waals surface area contributed by atoms with E-state index in [-0.39, 0.29) is 5.92 Å². The van der Waals surface area contributed by atoms with E-state index in [1.54, 1.807) is 0 Å². The summed E-state index contributed by atoms with van der Waals surface area (Å²) in [6.45, 7) is 5.95. The molecule has 0 atom stereocenters. The van der Waals surface area contributed by atoms with Gasteiger partial charge in [-0.3, -0.25) is 4.79 Å². The third kappa shape index (κ3) is 4.62. The Morgan fingerprint density at radius 1 is 1.12 bits per heavy atom. The summed E-state index contributed by atoms with van der Waals surface area (Å²) in [7, 11) is 0. The third-order valence-corrected chi connectivity index (χ3v) is 5.09. The second kappa shape index (κ2) is 8.70. The number of carbonyl (C=O) groups excluding carboxylic acids is 1. The zero-order chi connectivity index (χ0) is 17.5. The molecule has 1 heterocycles. The second-order valence-corrected chi connectivity index (χ2v) is 6.96. The van der Waals surface area contributed by atoms with Gasteiger partial charge in [-0.1, -0.05) is 55.7 Å². The average Bonchev–Trinajstić information content (AvgIpc) is 3.09. The zero-order valence-corrected chi connectivity index (χ0v) is 14.9. The Hall–Kier alpha value is -2.29. The number of rotatable bonds is 7. The molecule has 0 radical (unpaired) electrons. The number of nitrogens with zero attached hydrogens (tertiary/aromatic N) is 2. The lowest BCUT2D eigenvalue weighted by molar-refractivity contribution is -0.136. The summed E-state index contributed by atoms with van der Waals surface area (Å²) in [5.74, 6) is 0.498. The van der Waals surface area contributed by atoms with Gasteiger partial charge in [0.1, 0.15) is 0 Å². The van der Waals surface area contributed by atoms with Crippen LogP contribution in [0.15, 0.2) is 61.3 Å². The summed E-state index contributed by atoms with van der Waals surface area (Å²) in [6, 6.07) is 14.6. The van der Waals surface area contributed by atoms with Gasteiger partial charge in [-0.2, -0.15) is 0 Å². The Morgan fingerprint density at radius 2 is 1.88 bits per heavy atom. The molecule has 0 spiro atoms. The van der Waals surface area contributed by atoms with E-state index in [1.807, 2.05) is 17.0 Å². The highest BCUT2D eigenvalue weighted by molar-refractivity contribution is 5.79. The fourth-order valence-corrected chi connectivity index (χ4v) is 3.72. The van der Waals surface area contributed by atoms with E-state index in [0.29, 0.717) is 19.0 Å². The first-order valence-corrected chi connectivity index (χ1v) is 9.35. The largest absolute Gasteiger partial charge is 0.345 e. The number of benzene rings is 1. The summed E-state index contributed by atoms with van der Waals surface area (Å²) in [5.41, 5.74) is 2.45. The van der Waals surface area contributed by atoms with Crippen LogP contribution in [0.25, 0.3) is 0 Å². The first-order valence-electron chi connectivity index (χ1n) is 9.35. The predicted octanol–water partition coefficient (Wildman–Crippen LogP) is 4.63. The maximum atomic E-state index is 13.0. The van der Waals surface area contributed by atoms with Crippen LogP contribution in [0.3, 0.4) is 0 Å². The molecular weight excluding hydrogens is 308 g/mol. The number of aromatic nitrogens is 1. The molecular formula is C22H28N2O. The van der Waals surface area contributed by atoms with E-state index in [0.717, 1.165) is 19.4 Å². The van der Waals surface area contributed by atoms with Crippen LogP contribution < -0.4 is 0 Å². The molecule has 132 valence electrons. The van der Waals surface area contributed by atoms with Crippen molar-refractivity contribution in [2.24, 2.45) is 5.92 Å². The Balaban J connectivity index is 1.71. The Morgan fingerprint density at radius 3 is 2.60 bits per heavy atom. The van der Waals surface area contributed by atoms with E-state index in [2.05, 4.69) is 53.7 Å². The van der Waals surface area contributed by atoms with Crippen molar-refractivity contribution < 1.29 is 4.79 Å². The maximum Gasteiger partial charge on any atom is 0.226 e. The zero-order valence-electron chi connectivity index (χ0n) is 14.9. The van der Waals surface area contributed by atoms with Gasteiger partial charge in [0.2, 0.25) is 5.91 Å². The minimum Gasteiger partial charge on any atom is -0.345 e.